The van der Waals surface area contributed by atoms with E-state index in [1.165, 1.54) is 0 Å². The molecule has 1 N–H and O–H groups in total. The van der Waals surface area contributed by atoms with Gasteiger partial charge in [-0.15, -0.1) is 0 Å². The Morgan fingerprint density at radius 2 is 1.74 bits per heavy atom. The number of benzene rings is 1. The summed E-state index contributed by atoms with van der Waals surface area (Å²) in [5.41, 5.74) is 3.97. The molecule has 7 heteroatoms. The van der Waals surface area contributed by atoms with Gasteiger partial charge in [-0.2, -0.15) is 0 Å². The Kier molecular flexibility index (Phi) is 6.80. The predicted octanol–water partition coefficient (Wildman–Crippen LogP) is 4.06. The van der Waals surface area contributed by atoms with E-state index in [1.54, 1.807) is 6.26 Å². The Hall–Kier alpha value is -3.09. The number of hydrogen-bond acceptors (Lipinski definition) is 6. The van der Waals surface area contributed by atoms with Crippen molar-refractivity contribution in [3.8, 4) is 0 Å². The fourth-order valence-corrected chi connectivity index (χ4v) is 5.25. The standard InChI is InChI=1S/C28H35NO6/c1-15-19(10-11-23(30)29-13-17-6-8-18(9-7-17)26(31)32)27(33)35-25-16(2)24-21(12-20(15)25)22(14-34-24)28(3,4)5/h12,14,17-18H,6-11,13H2,1-5H3,(H,29,30)(H,31,32)/p-1. The molecular weight excluding hydrogens is 446 g/mol. The average Bonchev–Trinajstić information content (AvgIpc) is 3.24. The van der Waals surface area contributed by atoms with Crippen LogP contribution in [-0.4, -0.2) is 18.4 Å². The van der Waals surface area contributed by atoms with Crippen molar-refractivity contribution in [2.24, 2.45) is 11.8 Å². The molecule has 3 aromatic rings. The molecule has 1 aliphatic carbocycles. The third kappa shape index (κ3) is 5.00. The van der Waals surface area contributed by atoms with Gasteiger partial charge in [-0.3, -0.25) is 4.79 Å². The van der Waals surface area contributed by atoms with E-state index in [0.29, 0.717) is 37.0 Å². The molecular formula is C28H34NO6-. The minimum absolute atomic E-state index is 0.0977. The Morgan fingerprint density at radius 3 is 2.37 bits per heavy atom. The maximum Gasteiger partial charge on any atom is 0.339 e. The number of aliphatic carboxylic acids is 1. The number of carbonyl (C=O) groups excluding carboxylic acids is 2. The minimum atomic E-state index is -0.976. The summed E-state index contributed by atoms with van der Waals surface area (Å²) >= 11 is 0. The normalized spacial score (nSPS) is 18.8. The lowest BCUT2D eigenvalue weighted by atomic mass is 9.82. The lowest BCUT2D eigenvalue weighted by Gasteiger charge is -2.29. The quantitative estimate of drug-likeness (QED) is 0.533. The van der Waals surface area contributed by atoms with Crippen LogP contribution in [0, 0.1) is 25.7 Å². The highest BCUT2D eigenvalue weighted by Crippen LogP contribution is 2.37. The number of carboxylic acid groups (broad SMARTS) is 1. The number of furan rings is 1. The van der Waals surface area contributed by atoms with Gasteiger partial charge in [0.15, 0.2) is 0 Å². The van der Waals surface area contributed by atoms with E-state index < -0.39 is 11.6 Å². The smallest absolute Gasteiger partial charge is 0.339 e. The fourth-order valence-electron chi connectivity index (χ4n) is 5.25. The summed E-state index contributed by atoms with van der Waals surface area (Å²) in [6.45, 7) is 10.7. The zero-order valence-corrected chi connectivity index (χ0v) is 21.2. The highest BCUT2D eigenvalue weighted by atomic mass is 16.4. The van der Waals surface area contributed by atoms with Crippen LogP contribution < -0.4 is 16.0 Å². The fraction of sp³-hybridized carbons (Fsp3) is 0.536. The van der Waals surface area contributed by atoms with Crippen LogP contribution in [0.4, 0.5) is 0 Å². The van der Waals surface area contributed by atoms with Gasteiger partial charge in [0.25, 0.3) is 0 Å². The topological polar surface area (TPSA) is 113 Å². The maximum atomic E-state index is 12.8. The van der Waals surface area contributed by atoms with Gasteiger partial charge in [0.2, 0.25) is 5.91 Å². The number of nitrogens with one attached hydrogen (secondary N) is 1. The number of carboxylic acids is 1. The van der Waals surface area contributed by atoms with Crippen LogP contribution >= 0.6 is 0 Å². The first-order valence-corrected chi connectivity index (χ1v) is 12.4. The number of carbonyl (C=O) groups is 2. The second-order valence-corrected chi connectivity index (χ2v) is 11.0. The van der Waals surface area contributed by atoms with Crippen LogP contribution in [0.1, 0.15) is 75.1 Å². The number of hydrogen-bond donors (Lipinski definition) is 1. The van der Waals surface area contributed by atoms with Crippen LogP contribution in [-0.2, 0) is 21.4 Å². The van der Waals surface area contributed by atoms with E-state index in [1.807, 2.05) is 19.9 Å². The van der Waals surface area contributed by atoms with Gasteiger partial charge in [0.1, 0.15) is 11.2 Å². The van der Waals surface area contributed by atoms with Gasteiger partial charge in [0.05, 0.1) is 6.26 Å². The molecule has 35 heavy (non-hydrogen) atoms. The molecule has 0 aliphatic heterocycles. The maximum absolute atomic E-state index is 12.8. The van der Waals surface area contributed by atoms with E-state index in [2.05, 4.69) is 26.1 Å². The van der Waals surface area contributed by atoms with E-state index in [4.69, 9.17) is 8.83 Å². The molecule has 4 rings (SSSR count). The molecule has 0 bridgehead atoms. The van der Waals surface area contributed by atoms with Crippen molar-refractivity contribution in [2.45, 2.75) is 78.6 Å². The summed E-state index contributed by atoms with van der Waals surface area (Å²) in [4.78, 5) is 36.3. The van der Waals surface area contributed by atoms with E-state index in [0.717, 1.165) is 45.9 Å². The van der Waals surface area contributed by atoms with E-state index in [9.17, 15) is 19.5 Å². The number of rotatable bonds is 6. The molecule has 7 nitrogen and oxygen atoms in total. The lowest BCUT2D eigenvalue weighted by Crippen LogP contribution is -2.36. The summed E-state index contributed by atoms with van der Waals surface area (Å²) in [5, 5.41) is 15.8. The third-order valence-electron chi connectivity index (χ3n) is 7.52. The molecule has 1 aromatic carbocycles. The Morgan fingerprint density at radius 1 is 1.06 bits per heavy atom. The van der Waals surface area contributed by atoms with Crippen LogP contribution in [0.2, 0.25) is 0 Å². The molecule has 0 atom stereocenters. The first kappa shape index (κ1) is 25.0. The number of fused-ring (bicyclic) bond motifs is 2. The summed E-state index contributed by atoms with van der Waals surface area (Å²) in [6, 6.07) is 2.03. The molecule has 1 fully saturated rings. The molecule has 2 heterocycles. The van der Waals surface area contributed by atoms with Crippen molar-refractivity contribution in [3.05, 3.63) is 45.0 Å². The summed E-state index contributed by atoms with van der Waals surface area (Å²) in [6.07, 6.45) is 4.99. The molecule has 0 radical (unpaired) electrons. The highest BCUT2D eigenvalue weighted by molar-refractivity contribution is 6.00. The van der Waals surface area contributed by atoms with E-state index >= 15 is 0 Å². The molecule has 2 aromatic heterocycles. The summed E-state index contributed by atoms with van der Waals surface area (Å²) in [7, 11) is 0. The predicted molar refractivity (Wildman–Crippen MR) is 132 cm³/mol. The van der Waals surface area contributed by atoms with Crippen LogP contribution in [0.3, 0.4) is 0 Å². The minimum Gasteiger partial charge on any atom is -0.550 e. The molecule has 1 saturated carbocycles. The molecule has 1 aliphatic rings. The Balaban J connectivity index is 1.49. The second kappa shape index (κ2) is 9.51. The molecule has 1 amide bonds. The second-order valence-electron chi connectivity index (χ2n) is 11.0. The van der Waals surface area contributed by atoms with Gasteiger partial charge in [-0.05, 0) is 74.8 Å². The van der Waals surface area contributed by atoms with Gasteiger partial charge in [-0.25, -0.2) is 4.79 Å². The van der Waals surface area contributed by atoms with Gasteiger partial charge < -0.3 is 24.1 Å². The highest BCUT2D eigenvalue weighted by Gasteiger charge is 2.24. The first-order valence-electron chi connectivity index (χ1n) is 12.4. The summed E-state index contributed by atoms with van der Waals surface area (Å²) < 4.78 is 11.6. The summed E-state index contributed by atoms with van der Waals surface area (Å²) in [5.74, 6) is -1.19. The zero-order valence-electron chi connectivity index (χ0n) is 21.2. The SMILES string of the molecule is Cc1c(CCC(=O)NCC2CCC(C(=O)[O-])CC2)c(=O)oc2c(C)c3occ(C(C)(C)C)c3cc12. The van der Waals surface area contributed by atoms with Gasteiger partial charge >= 0.3 is 5.63 Å². The first-order chi connectivity index (χ1) is 16.5. The molecule has 0 unspecified atom stereocenters. The lowest BCUT2D eigenvalue weighted by molar-refractivity contribution is -0.312. The van der Waals surface area contributed by atoms with Crippen LogP contribution in [0.5, 0.6) is 0 Å². The zero-order chi connectivity index (χ0) is 25.5. The van der Waals surface area contributed by atoms with Crippen LogP contribution in [0.15, 0.2) is 26.0 Å². The van der Waals surface area contributed by atoms with Gasteiger partial charge in [-0.1, -0.05) is 20.8 Å². The van der Waals surface area contributed by atoms with Crippen LogP contribution in [0.25, 0.3) is 21.9 Å². The molecule has 0 saturated heterocycles. The van der Waals surface area contributed by atoms with E-state index in [-0.39, 0.29) is 29.6 Å². The van der Waals surface area contributed by atoms with Crippen molar-refractivity contribution in [3.63, 3.8) is 0 Å². The Bertz CT molecular complexity index is 1330. The molecule has 0 spiro atoms. The molecule has 188 valence electrons. The van der Waals surface area contributed by atoms with Crippen molar-refractivity contribution >= 4 is 33.8 Å². The Labute approximate surface area is 204 Å². The van der Waals surface area contributed by atoms with Gasteiger partial charge in [0, 0.05) is 46.4 Å². The van der Waals surface area contributed by atoms with Crippen molar-refractivity contribution in [1.29, 1.82) is 0 Å². The van der Waals surface area contributed by atoms with Crippen molar-refractivity contribution in [2.75, 3.05) is 6.54 Å². The van der Waals surface area contributed by atoms with Crippen molar-refractivity contribution in [1.82, 2.24) is 5.32 Å². The van der Waals surface area contributed by atoms with Crippen molar-refractivity contribution < 1.29 is 23.5 Å². The number of aryl methyl sites for hydroxylation is 2. The number of amides is 1. The largest absolute Gasteiger partial charge is 0.550 e. The third-order valence-corrected chi connectivity index (χ3v) is 7.52. The monoisotopic (exact) mass is 480 g/mol. The average molecular weight is 481 g/mol.